The van der Waals surface area contributed by atoms with Crippen LogP contribution in [0.3, 0.4) is 0 Å². The number of benzene rings is 1. The summed E-state index contributed by atoms with van der Waals surface area (Å²) in [4.78, 5) is -0.00807. The van der Waals surface area contributed by atoms with Gasteiger partial charge in [-0.05, 0) is 24.6 Å². The van der Waals surface area contributed by atoms with Crippen LogP contribution in [0.5, 0.6) is 0 Å². The van der Waals surface area contributed by atoms with Crippen LogP contribution in [0.1, 0.15) is 18.9 Å². The van der Waals surface area contributed by atoms with Crippen molar-refractivity contribution >= 4 is 15.7 Å². The van der Waals surface area contributed by atoms with Crippen LogP contribution in [-0.4, -0.2) is 37.5 Å². The molecule has 0 unspecified atom stereocenters. The standard InChI is InChI=1S/C12H17N3O3S/c1-2-15(6-3-7-16)19(17,18)12-5-4-10(9-13)8-11(12)14/h4-5,8,16H,2-3,6-7,14H2,1H3. The zero-order valence-electron chi connectivity index (χ0n) is 10.7. The van der Waals surface area contributed by atoms with Crippen molar-refractivity contribution in [2.75, 3.05) is 25.4 Å². The fourth-order valence-electron chi connectivity index (χ4n) is 1.69. The number of aliphatic hydroxyl groups excluding tert-OH is 1. The van der Waals surface area contributed by atoms with Gasteiger partial charge >= 0.3 is 0 Å². The molecule has 1 rings (SSSR count). The van der Waals surface area contributed by atoms with E-state index in [0.29, 0.717) is 18.5 Å². The lowest BCUT2D eigenvalue weighted by Crippen LogP contribution is -2.32. The lowest BCUT2D eigenvalue weighted by atomic mass is 10.2. The number of rotatable bonds is 6. The van der Waals surface area contributed by atoms with Crippen LogP contribution < -0.4 is 5.73 Å². The van der Waals surface area contributed by atoms with E-state index in [1.54, 1.807) is 6.92 Å². The molecule has 1 aromatic carbocycles. The molecule has 19 heavy (non-hydrogen) atoms. The van der Waals surface area contributed by atoms with Crippen LogP contribution in [-0.2, 0) is 10.0 Å². The molecule has 0 atom stereocenters. The van der Waals surface area contributed by atoms with Crippen LogP contribution in [0.2, 0.25) is 0 Å². The number of hydrogen-bond donors (Lipinski definition) is 2. The topological polar surface area (TPSA) is 107 Å². The van der Waals surface area contributed by atoms with Crippen LogP contribution in [0, 0.1) is 11.3 Å². The number of sulfonamides is 1. The van der Waals surface area contributed by atoms with Crippen molar-refractivity contribution in [2.24, 2.45) is 0 Å². The fraction of sp³-hybridized carbons (Fsp3) is 0.417. The number of nitriles is 1. The summed E-state index contributed by atoms with van der Waals surface area (Å²) in [6, 6.07) is 6.00. The number of nitrogens with zero attached hydrogens (tertiary/aromatic N) is 2. The van der Waals surface area contributed by atoms with E-state index in [-0.39, 0.29) is 23.7 Å². The van der Waals surface area contributed by atoms with Gasteiger partial charge in [-0.1, -0.05) is 6.92 Å². The first-order chi connectivity index (χ1) is 8.97. The minimum absolute atomic E-state index is 0.00807. The van der Waals surface area contributed by atoms with Crippen molar-refractivity contribution in [3.63, 3.8) is 0 Å². The van der Waals surface area contributed by atoms with E-state index >= 15 is 0 Å². The Morgan fingerprint density at radius 3 is 2.63 bits per heavy atom. The molecule has 0 saturated heterocycles. The highest BCUT2D eigenvalue weighted by atomic mass is 32.2. The Balaban J connectivity index is 3.15. The molecule has 104 valence electrons. The molecule has 0 aliphatic carbocycles. The predicted octanol–water partition coefficient (Wildman–Crippen LogP) is 0.533. The summed E-state index contributed by atoms with van der Waals surface area (Å²) in [5.41, 5.74) is 6.07. The molecule has 0 radical (unpaired) electrons. The van der Waals surface area contributed by atoms with Crippen molar-refractivity contribution in [1.29, 1.82) is 5.26 Å². The van der Waals surface area contributed by atoms with Gasteiger partial charge in [0.05, 0.1) is 17.3 Å². The van der Waals surface area contributed by atoms with Crippen LogP contribution in [0.4, 0.5) is 5.69 Å². The SMILES string of the molecule is CCN(CCCO)S(=O)(=O)c1ccc(C#N)cc1N. The Bertz CT molecular complexity index is 578. The van der Waals surface area contributed by atoms with Gasteiger partial charge in [0.2, 0.25) is 10.0 Å². The molecule has 6 nitrogen and oxygen atoms in total. The van der Waals surface area contributed by atoms with E-state index in [9.17, 15) is 8.42 Å². The van der Waals surface area contributed by atoms with Crippen molar-refractivity contribution in [2.45, 2.75) is 18.2 Å². The quantitative estimate of drug-likeness (QED) is 0.741. The minimum Gasteiger partial charge on any atom is -0.398 e. The number of nitrogens with two attached hydrogens (primary N) is 1. The summed E-state index contributed by atoms with van der Waals surface area (Å²) in [6.45, 7) is 2.17. The summed E-state index contributed by atoms with van der Waals surface area (Å²) in [6.07, 6.45) is 0.364. The molecule has 0 heterocycles. The maximum atomic E-state index is 12.4. The largest absolute Gasteiger partial charge is 0.398 e. The van der Waals surface area contributed by atoms with E-state index in [1.807, 2.05) is 6.07 Å². The molecule has 0 fully saturated rings. The Labute approximate surface area is 113 Å². The Morgan fingerprint density at radius 2 is 2.16 bits per heavy atom. The number of anilines is 1. The van der Waals surface area contributed by atoms with Crippen LogP contribution in [0.25, 0.3) is 0 Å². The monoisotopic (exact) mass is 283 g/mol. The van der Waals surface area contributed by atoms with E-state index in [2.05, 4.69) is 0 Å². The van der Waals surface area contributed by atoms with Gasteiger partial charge in [-0.15, -0.1) is 0 Å². The van der Waals surface area contributed by atoms with E-state index in [4.69, 9.17) is 16.1 Å². The number of aliphatic hydroxyl groups is 1. The third-order valence-electron chi connectivity index (χ3n) is 2.68. The Morgan fingerprint density at radius 1 is 1.47 bits per heavy atom. The minimum atomic E-state index is -3.69. The normalized spacial score (nSPS) is 11.5. The van der Waals surface area contributed by atoms with Crippen molar-refractivity contribution in [3.8, 4) is 6.07 Å². The highest BCUT2D eigenvalue weighted by molar-refractivity contribution is 7.89. The first kappa shape index (κ1) is 15.4. The summed E-state index contributed by atoms with van der Waals surface area (Å²) >= 11 is 0. The van der Waals surface area contributed by atoms with Crippen LogP contribution in [0.15, 0.2) is 23.1 Å². The van der Waals surface area contributed by atoms with Gasteiger partial charge in [0.25, 0.3) is 0 Å². The van der Waals surface area contributed by atoms with E-state index < -0.39 is 10.0 Å². The van der Waals surface area contributed by atoms with Crippen molar-refractivity contribution < 1.29 is 13.5 Å². The smallest absolute Gasteiger partial charge is 0.245 e. The molecule has 3 N–H and O–H groups in total. The third kappa shape index (κ3) is 3.44. The number of hydrogen-bond acceptors (Lipinski definition) is 5. The second-order valence-corrected chi connectivity index (χ2v) is 5.84. The molecule has 0 aromatic heterocycles. The molecule has 0 aliphatic rings. The number of nitrogen functional groups attached to an aromatic ring is 1. The van der Waals surface area contributed by atoms with Crippen molar-refractivity contribution in [1.82, 2.24) is 4.31 Å². The van der Waals surface area contributed by atoms with Crippen molar-refractivity contribution in [3.05, 3.63) is 23.8 Å². The van der Waals surface area contributed by atoms with Gasteiger partial charge in [0, 0.05) is 19.7 Å². The van der Waals surface area contributed by atoms with Gasteiger partial charge < -0.3 is 10.8 Å². The molecular weight excluding hydrogens is 266 g/mol. The van der Waals surface area contributed by atoms with E-state index in [1.165, 1.54) is 22.5 Å². The first-order valence-electron chi connectivity index (χ1n) is 5.88. The lowest BCUT2D eigenvalue weighted by Gasteiger charge is -2.21. The van der Waals surface area contributed by atoms with Gasteiger partial charge in [-0.25, -0.2) is 8.42 Å². The van der Waals surface area contributed by atoms with Gasteiger partial charge in [0.15, 0.2) is 0 Å². The molecule has 7 heteroatoms. The average molecular weight is 283 g/mol. The molecule has 0 bridgehead atoms. The molecule has 1 aromatic rings. The second kappa shape index (κ2) is 6.52. The summed E-state index contributed by atoms with van der Waals surface area (Å²) in [5, 5.41) is 17.5. The van der Waals surface area contributed by atoms with Crippen LogP contribution >= 0.6 is 0 Å². The molecule has 0 aliphatic heterocycles. The zero-order chi connectivity index (χ0) is 14.5. The fourth-order valence-corrected chi connectivity index (χ4v) is 3.27. The molecule has 0 amide bonds. The maximum Gasteiger partial charge on any atom is 0.245 e. The highest BCUT2D eigenvalue weighted by Gasteiger charge is 2.24. The molecule has 0 saturated carbocycles. The van der Waals surface area contributed by atoms with Gasteiger partial charge in [-0.2, -0.15) is 9.57 Å². The predicted molar refractivity (Wildman–Crippen MR) is 71.7 cm³/mol. The Kier molecular flexibility index (Phi) is 5.30. The lowest BCUT2D eigenvalue weighted by molar-refractivity contribution is 0.271. The second-order valence-electron chi connectivity index (χ2n) is 3.94. The maximum absolute atomic E-state index is 12.4. The van der Waals surface area contributed by atoms with E-state index in [0.717, 1.165) is 0 Å². The molecular formula is C12H17N3O3S. The summed E-state index contributed by atoms with van der Waals surface area (Å²) < 4.78 is 26.0. The van der Waals surface area contributed by atoms with Gasteiger partial charge in [0.1, 0.15) is 4.90 Å². The first-order valence-corrected chi connectivity index (χ1v) is 7.32. The highest BCUT2D eigenvalue weighted by Crippen LogP contribution is 2.23. The average Bonchev–Trinajstić information content (AvgIpc) is 2.38. The molecule has 0 spiro atoms. The Hall–Kier alpha value is -1.62. The summed E-state index contributed by atoms with van der Waals surface area (Å²) in [7, 11) is -3.69. The third-order valence-corrected chi connectivity index (χ3v) is 4.72. The summed E-state index contributed by atoms with van der Waals surface area (Å²) in [5.74, 6) is 0. The zero-order valence-corrected chi connectivity index (χ0v) is 11.5. The van der Waals surface area contributed by atoms with Gasteiger partial charge in [-0.3, -0.25) is 0 Å².